The minimum absolute atomic E-state index is 0.0341. The highest BCUT2D eigenvalue weighted by atomic mass is 16.5. The van der Waals surface area contributed by atoms with Gasteiger partial charge in [0.05, 0.1) is 19.6 Å². The van der Waals surface area contributed by atoms with Crippen LogP contribution in [0.4, 0.5) is 0 Å². The third-order valence-corrected chi connectivity index (χ3v) is 3.51. The van der Waals surface area contributed by atoms with Gasteiger partial charge in [-0.2, -0.15) is 0 Å². The molecule has 0 aromatic carbocycles. The maximum absolute atomic E-state index is 11.7. The lowest BCUT2D eigenvalue weighted by Gasteiger charge is -2.28. The van der Waals surface area contributed by atoms with Gasteiger partial charge >= 0.3 is 11.9 Å². The van der Waals surface area contributed by atoms with Crippen molar-refractivity contribution in [3.8, 4) is 0 Å². The van der Waals surface area contributed by atoms with Crippen molar-refractivity contribution in [1.82, 2.24) is 5.32 Å². The van der Waals surface area contributed by atoms with E-state index in [0.29, 0.717) is 19.1 Å². The molecular formula is C14H25NO4. The second kappa shape index (κ2) is 8.91. The van der Waals surface area contributed by atoms with E-state index in [2.05, 4.69) is 10.1 Å². The van der Waals surface area contributed by atoms with Crippen molar-refractivity contribution < 1.29 is 19.1 Å². The first-order valence-corrected chi connectivity index (χ1v) is 7.14. The van der Waals surface area contributed by atoms with E-state index in [1.54, 1.807) is 0 Å². The molecule has 1 rings (SSSR count). The molecule has 0 radical (unpaired) electrons. The van der Waals surface area contributed by atoms with Crippen LogP contribution >= 0.6 is 0 Å². The molecule has 5 nitrogen and oxygen atoms in total. The van der Waals surface area contributed by atoms with Gasteiger partial charge in [-0.05, 0) is 39.2 Å². The fourth-order valence-corrected chi connectivity index (χ4v) is 2.49. The minimum Gasteiger partial charge on any atom is -0.469 e. The van der Waals surface area contributed by atoms with Crippen molar-refractivity contribution in [2.45, 2.75) is 51.5 Å². The minimum atomic E-state index is -0.171. The summed E-state index contributed by atoms with van der Waals surface area (Å²) in [6.07, 6.45) is 5.13. The molecule has 1 aliphatic rings. The van der Waals surface area contributed by atoms with Crippen LogP contribution in [0.5, 0.6) is 0 Å². The summed E-state index contributed by atoms with van der Waals surface area (Å²) in [5.74, 6) is -0.204. The Kier molecular flexibility index (Phi) is 7.48. The molecule has 0 spiro atoms. The SMILES string of the molecule is CCOC(=O)C1CCCC(NCCCC(=O)OC)C1. The van der Waals surface area contributed by atoms with Gasteiger partial charge < -0.3 is 14.8 Å². The van der Waals surface area contributed by atoms with E-state index >= 15 is 0 Å². The first-order chi connectivity index (χ1) is 9.17. The molecule has 2 unspecified atom stereocenters. The van der Waals surface area contributed by atoms with Crippen LogP contribution in [0.25, 0.3) is 0 Å². The zero-order valence-electron chi connectivity index (χ0n) is 11.9. The summed E-state index contributed by atoms with van der Waals surface area (Å²) >= 11 is 0. The molecule has 0 saturated heterocycles. The van der Waals surface area contributed by atoms with Gasteiger partial charge in [-0.15, -0.1) is 0 Å². The van der Waals surface area contributed by atoms with Crippen LogP contribution in [0, 0.1) is 5.92 Å². The van der Waals surface area contributed by atoms with Crippen molar-refractivity contribution >= 4 is 11.9 Å². The number of carbonyl (C=O) groups is 2. The average molecular weight is 271 g/mol. The van der Waals surface area contributed by atoms with Gasteiger partial charge in [0.15, 0.2) is 0 Å². The van der Waals surface area contributed by atoms with Crippen molar-refractivity contribution in [1.29, 1.82) is 0 Å². The Morgan fingerprint density at radius 3 is 2.79 bits per heavy atom. The monoisotopic (exact) mass is 271 g/mol. The quantitative estimate of drug-likeness (QED) is 0.563. The normalized spacial score (nSPS) is 22.8. The summed E-state index contributed by atoms with van der Waals surface area (Å²) in [6.45, 7) is 3.07. The molecule has 0 amide bonds. The fraction of sp³-hybridized carbons (Fsp3) is 0.857. The molecule has 0 bridgehead atoms. The number of hydrogen-bond donors (Lipinski definition) is 1. The van der Waals surface area contributed by atoms with Crippen LogP contribution in [-0.4, -0.2) is 38.2 Å². The van der Waals surface area contributed by atoms with Crippen molar-refractivity contribution in [2.75, 3.05) is 20.3 Å². The van der Waals surface area contributed by atoms with Gasteiger partial charge in [0.1, 0.15) is 0 Å². The van der Waals surface area contributed by atoms with E-state index in [1.165, 1.54) is 7.11 Å². The van der Waals surface area contributed by atoms with Gasteiger partial charge in [0.2, 0.25) is 0 Å². The van der Waals surface area contributed by atoms with Crippen LogP contribution in [0.2, 0.25) is 0 Å². The lowest BCUT2D eigenvalue weighted by Crippen LogP contribution is -2.37. The highest BCUT2D eigenvalue weighted by Gasteiger charge is 2.27. The number of nitrogens with one attached hydrogen (secondary N) is 1. The Labute approximate surface area is 115 Å². The number of hydrogen-bond acceptors (Lipinski definition) is 5. The summed E-state index contributed by atoms with van der Waals surface area (Å²) in [7, 11) is 1.40. The molecule has 0 aromatic rings. The summed E-state index contributed by atoms with van der Waals surface area (Å²) in [5, 5.41) is 3.41. The Morgan fingerprint density at radius 2 is 2.11 bits per heavy atom. The van der Waals surface area contributed by atoms with E-state index in [1.807, 2.05) is 6.92 Å². The summed E-state index contributed by atoms with van der Waals surface area (Å²) < 4.78 is 9.66. The van der Waals surface area contributed by atoms with Crippen molar-refractivity contribution in [3.63, 3.8) is 0 Å². The molecular weight excluding hydrogens is 246 g/mol. The van der Waals surface area contributed by atoms with Gasteiger partial charge in [0.25, 0.3) is 0 Å². The molecule has 0 aromatic heterocycles. The third kappa shape index (κ3) is 6.05. The van der Waals surface area contributed by atoms with Gasteiger partial charge in [-0.1, -0.05) is 6.42 Å². The molecule has 1 aliphatic carbocycles. The van der Waals surface area contributed by atoms with Crippen LogP contribution < -0.4 is 5.32 Å². The number of methoxy groups -OCH3 is 1. The second-order valence-corrected chi connectivity index (χ2v) is 4.95. The molecule has 19 heavy (non-hydrogen) atoms. The lowest BCUT2D eigenvalue weighted by atomic mass is 9.85. The molecule has 1 fully saturated rings. The molecule has 110 valence electrons. The van der Waals surface area contributed by atoms with E-state index in [9.17, 15) is 9.59 Å². The molecule has 5 heteroatoms. The Hall–Kier alpha value is -1.10. The largest absolute Gasteiger partial charge is 0.469 e. The molecule has 2 atom stereocenters. The Morgan fingerprint density at radius 1 is 1.32 bits per heavy atom. The maximum Gasteiger partial charge on any atom is 0.308 e. The molecule has 1 saturated carbocycles. The van der Waals surface area contributed by atoms with Crippen LogP contribution in [0.15, 0.2) is 0 Å². The molecule has 1 N–H and O–H groups in total. The summed E-state index contributed by atoms with van der Waals surface area (Å²) in [5.41, 5.74) is 0. The summed E-state index contributed by atoms with van der Waals surface area (Å²) in [4.78, 5) is 22.7. The highest BCUT2D eigenvalue weighted by Crippen LogP contribution is 2.25. The van der Waals surface area contributed by atoms with E-state index < -0.39 is 0 Å². The molecule has 0 aliphatic heterocycles. The number of ether oxygens (including phenoxy) is 2. The van der Waals surface area contributed by atoms with E-state index in [0.717, 1.165) is 38.6 Å². The Bertz CT molecular complexity index is 293. The second-order valence-electron chi connectivity index (χ2n) is 4.95. The van der Waals surface area contributed by atoms with E-state index in [4.69, 9.17) is 4.74 Å². The number of rotatable bonds is 7. The van der Waals surface area contributed by atoms with Crippen LogP contribution in [-0.2, 0) is 19.1 Å². The zero-order chi connectivity index (χ0) is 14.1. The van der Waals surface area contributed by atoms with E-state index in [-0.39, 0.29) is 17.9 Å². The Balaban J connectivity index is 2.20. The van der Waals surface area contributed by atoms with Gasteiger partial charge in [-0.25, -0.2) is 0 Å². The fourth-order valence-electron chi connectivity index (χ4n) is 2.49. The lowest BCUT2D eigenvalue weighted by molar-refractivity contribution is -0.149. The number of esters is 2. The smallest absolute Gasteiger partial charge is 0.308 e. The first-order valence-electron chi connectivity index (χ1n) is 7.14. The predicted molar refractivity (Wildman–Crippen MR) is 71.6 cm³/mol. The standard InChI is InChI=1S/C14H25NO4/c1-3-19-14(17)11-6-4-7-12(10-11)15-9-5-8-13(16)18-2/h11-12,15H,3-10H2,1-2H3. The van der Waals surface area contributed by atoms with Crippen LogP contribution in [0.1, 0.15) is 45.4 Å². The predicted octanol–water partition coefficient (Wildman–Crippen LogP) is 1.65. The third-order valence-electron chi connectivity index (χ3n) is 3.51. The van der Waals surface area contributed by atoms with Gasteiger partial charge in [-0.3, -0.25) is 9.59 Å². The van der Waals surface area contributed by atoms with Crippen LogP contribution in [0.3, 0.4) is 0 Å². The zero-order valence-corrected chi connectivity index (χ0v) is 11.9. The topological polar surface area (TPSA) is 64.6 Å². The van der Waals surface area contributed by atoms with Gasteiger partial charge in [0, 0.05) is 12.5 Å². The number of carbonyl (C=O) groups excluding carboxylic acids is 2. The molecule has 0 heterocycles. The first kappa shape index (κ1) is 16.0. The maximum atomic E-state index is 11.7. The average Bonchev–Trinajstić information content (AvgIpc) is 2.44. The van der Waals surface area contributed by atoms with Crippen molar-refractivity contribution in [2.24, 2.45) is 5.92 Å². The summed E-state index contributed by atoms with van der Waals surface area (Å²) in [6, 6.07) is 0.362. The van der Waals surface area contributed by atoms with Crippen molar-refractivity contribution in [3.05, 3.63) is 0 Å². The highest BCUT2D eigenvalue weighted by molar-refractivity contribution is 5.72.